The van der Waals surface area contributed by atoms with Crippen molar-refractivity contribution in [1.29, 1.82) is 0 Å². The van der Waals surface area contributed by atoms with Crippen LogP contribution in [0.3, 0.4) is 0 Å². The maximum atomic E-state index is 5.54. The van der Waals surface area contributed by atoms with Gasteiger partial charge in [-0.15, -0.1) is 0 Å². The van der Waals surface area contributed by atoms with E-state index in [0.717, 1.165) is 19.6 Å². The quantitative estimate of drug-likeness (QED) is 0.822. The highest BCUT2D eigenvalue weighted by atomic mass is 16.3. The van der Waals surface area contributed by atoms with Gasteiger partial charge in [0, 0.05) is 24.8 Å². The maximum absolute atomic E-state index is 5.54. The molecule has 0 fully saturated rings. The number of nitrogens with two attached hydrogens (primary N) is 1. The van der Waals surface area contributed by atoms with Crippen molar-refractivity contribution >= 4 is 5.82 Å². The Hall–Kier alpha value is -1.75. The van der Waals surface area contributed by atoms with Crippen molar-refractivity contribution in [2.24, 2.45) is 0 Å². The summed E-state index contributed by atoms with van der Waals surface area (Å²) in [7, 11) is 2.07. The highest BCUT2D eigenvalue weighted by molar-refractivity contribution is 5.23. The molecule has 0 aliphatic rings. The van der Waals surface area contributed by atoms with Crippen molar-refractivity contribution in [3.63, 3.8) is 0 Å². The van der Waals surface area contributed by atoms with Gasteiger partial charge in [-0.2, -0.15) is 5.10 Å². The largest absolute Gasteiger partial charge is 0.472 e. The Bertz CT molecular complexity index is 421. The van der Waals surface area contributed by atoms with Crippen LogP contribution in [0.4, 0.5) is 5.82 Å². The van der Waals surface area contributed by atoms with Gasteiger partial charge in [-0.1, -0.05) is 0 Å². The Morgan fingerprint density at radius 1 is 1.50 bits per heavy atom. The van der Waals surface area contributed by atoms with Crippen LogP contribution >= 0.6 is 0 Å². The number of nitrogen functional groups attached to an aromatic ring is 1. The predicted molar refractivity (Wildman–Crippen MR) is 61.7 cm³/mol. The molecule has 2 aromatic heterocycles. The minimum Gasteiger partial charge on any atom is -0.472 e. The molecule has 0 aliphatic heterocycles. The van der Waals surface area contributed by atoms with Crippen LogP contribution in [0.25, 0.3) is 0 Å². The molecule has 2 N–H and O–H groups in total. The number of hydrogen-bond donors (Lipinski definition) is 1. The van der Waals surface area contributed by atoms with Crippen LogP contribution in [0.1, 0.15) is 5.56 Å². The van der Waals surface area contributed by atoms with E-state index in [4.69, 9.17) is 10.2 Å². The fourth-order valence-corrected chi connectivity index (χ4v) is 1.55. The normalized spacial score (nSPS) is 11.1. The monoisotopic (exact) mass is 220 g/mol. The first-order chi connectivity index (χ1) is 7.74. The minimum absolute atomic E-state index is 0.567. The lowest BCUT2D eigenvalue weighted by molar-refractivity contribution is 0.304. The Morgan fingerprint density at radius 2 is 2.38 bits per heavy atom. The van der Waals surface area contributed by atoms with E-state index < -0.39 is 0 Å². The van der Waals surface area contributed by atoms with Gasteiger partial charge in [0.2, 0.25) is 0 Å². The molecular weight excluding hydrogens is 204 g/mol. The van der Waals surface area contributed by atoms with E-state index in [1.165, 1.54) is 5.56 Å². The molecule has 2 heterocycles. The molecule has 16 heavy (non-hydrogen) atoms. The summed E-state index contributed by atoms with van der Waals surface area (Å²) >= 11 is 0. The van der Waals surface area contributed by atoms with Crippen molar-refractivity contribution in [2.45, 2.75) is 13.1 Å². The minimum atomic E-state index is 0.567. The summed E-state index contributed by atoms with van der Waals surface area (Å²) < 4.78 is 6.87. The zero-order valence-electron chi connectivity index (χ0n) is 9.34. The van der Waals surface area contributed by atoms with Gasteiger partial charge in [0.05, 0.1) is 19.1 Å². The van der Waals surface area contributed by atoms with E-state index in [0.29, 0.717) is 5.82 Å². The van der Waals surface area contributed by atoms with Gasteiger partial charge in [0.25, 0.3) is 0 Å². The third-order valence-corrected chi connectivity index (χ3v) is 2.40. The van der Waals surface area contributed by atoms with E-state index in [9.17, 15) is 0 Å². The Labute approximate surface area is 94.4 Å². The second-order valence-corrected chi connectivity index (χ2v) is 3.87. The fourth-order valence-electron chi connectivity index (χ4n) is 1.55. The molecule has 0 aromatic carbocycles. The summed E-state index contributed by atoms with van der Waals surface area (Å²) in [5.41, 5.74) is 6.72. The van der Waals surface area contributed by atoms with Gasteiger partial charge in [-0.05, 0) is 19.2 Å². The lowest BCUT2D eigenvalue weighted by atomic mass is 10.3. The molecule has 0 unspecified atom stereocenters. The second-order valence-electron chi connectivity index (χ2n) is 3.87. The van der Waals surface area contributed by atoms with Crippen molar-refractivity contribution < 1.29 is 4.42 Å². The molecule has 86 valence electrons. The number of nitrogens with zero attached hydrogens (tertiary/aromatic N) is 3. The van der Waals surface area contributed by atoms with E-state index >= 15 is 0 Å². The smallest absolute Gasteiger partial charge is 0.145 e. The van der Waals surface area contributed by atoms with Crippen LogP contribution in [-0.2, 0) is 13.1 Å². The first kappa shape index (κ1) is 10.8. The van der Waals surface area contributed by atoms with Crippen LogP contribution in [0.5, 0.6) is 0 Å². The molecule has 5 nitrogen and oxygen atoms in total. The van der Waals surface area contributed by atoms with Crippen molar-refractivity contribution in [1.82, 2.24) is 14.7 Å². The average Bonchev–Trinajstić information content (AvgIpc) is 2.87. The van der Waals surface area contributed by atoms with Gasteiger partial charge in [-0.25, -0.2) is 0 Å². The molecule has 0 radical (unpaired) electrons. The van der Waals surface area contributed by atoms with Gasteiger partial charge in [-0.3, -0.25) is 4.68 Å². The molecule has 0 amide bonds. The predicted octanol–water partition coefficient (Wildman–Crippen LogP) is 1.19. The first-order valence-corrected chi connectivity index (χ1v) is 5.22. The maximum Gasteiger partial charge on any atom is 0.145 e. The van der Waals surface area contributed by atoms with E-state index in [1.807, 2.05) is 16.9 Å². The molecule has 0 saturated heterocycles. The van der Waals surface area contributed by atoms with E-state index in [1.54, 1.807) is 18.6 Å². The third kappa shape index (κ3) is 2.87. The molecule has 2 rings (SSSR count). The summed E-state index contributed by atoms with van der Waals surface area (Å²) in [4.78, 5) is 2.21. The molecule has 0 bridgehead atoms. The molecule has 0 saturated carbocycles. The van der Waals surface area contributed by atoms with Crippen LogP contribution in [0.15, 0.2) is 35.3 Å². The Morgan fingerprint density at radius 3 is 3.00 bits per heavy atom. The Kier molecular flexibility index (Phi) is 3.26. The summed E-state index contributed by atoms with van der Waals surface area (Å²) in [6.07, 6.45) is 5.35. The standard InChI is InChI=1S/C11H16N4O/c1-14(8-10-3-7-16-9-10)5-6-15-4-2-11(12)13-15/h2-4,7,9H,5-6,8H2,1H3,(H2,12,13). The van der Waals surface area contributed by atoms with E-state index in [2.05, 4.69) is 17.0 Å². The number of furan rings is 1. The molecular formula is C11H16N4O. The van der Waals surface area contributed by atoms with Gasteiger partial charge < -0.3 is 15.1 Å². The number of anilines is 1. The number of rotatable bonds is 5. The second kappa shape index (κ2) is 4.85. The van der Waals surface area contributed by atoms with Crippen molar-refractivity contribution in [3.8, 4) is 0 Å². The summed E-state index contributed by atoms with van der Waals surface area (Å²) in [6, 6.07) is 3.78. The summed E-state index contributed by atoms with van der Waals surface area (Å²) in [6.45, 7) is 2.64. The number of hydrogen-bond acceptors (Lipinski definition) is 4. The van der Waals surface area contributed by atoms with Crippen LogP contribution in [0.2, 0.25) is 0 Å². The lowest BCUT2D eigenvalue weighted by Gasteiger charge is -2.15. The van der Waals surface area contributed by atoms with Crippen LogP contribution < -0.4 is 5.73 Å². The fraction of sp³-hybridized carbons (Fsp3) is 0.364. The third-order valence-electron chi connectivity index (χ3n) is 2.40. The highest BCUT2D eigenvalue weighted by Crippen LogP contribution is 2.04. The highest BCUT2D eigenvalue weighted by Gasteiger charge is 2.02. The number of aromatic nitrogens is 2. The molecule has 2 aromatic rings. The van der Waals surface area contributed by atoms with Crippen molar-refractivity contribution in [2.75, 3.05) is 19.3 Å². The zero-order valence-corrected chi connectivity index (χ0v) is 9.34. The van der Waals surface area contributed by atoms with Gasteiger partial charge in [0.15, 0.2) is 0 Å². The molecule has 0 spiro atoms. The SMILES string of the molecule is CN(CCn1ccc(N)n1)Cc1ccoc1. The molecule has 5 heteroatoms. The zero-order chi connectivity index (χ0) is 11.4. The summed E-state index contributed by atoms with van der Waals surface area (Å²) in [5, 5.41) is 4.13. The molecule has 0 aliphatic carbocycles. The topological polar surface area (TPSA) is 60.2 Å². The van der Waals surface area contributed by atoms with Crippen LogP contribution in [0, 0.1) is 0 Å². The van der Waals surface area contributed by atoms with Gasteiger partial charge in [0.1, 0.15) is 5.82 Å². The number of likely N-dealkylation sites (N-methyl/N-ethyl adjacent to an activating group) is 1. The first-order valence-electron chi connectivity index (χ1n) is 5.22. The Balaban J connectivity index is 1.77. The van der Waals surface area contributed by atoms with Gasteiger partial charge >= 0.3 is 0 Å². The van der Waals surface area contributed by atoms with Crippen molar-refractivity contribution in [3.05, 3.63) is 36.4 Å². The lowest BCUT2D eigenvalue weighted by Crippen LogP contribution is -2.22. The average molecular weight is 220 g/mol. The molecule has 0 atom stereocenters. The van der Waals surface area contributed by atoms with E-state index in [-0.39, 0.29) is 0 Å². The van der Waals surface area contributed by atoms with Crippen LogP contribution in [-0.4, -0.2) is 28.3 Å². The summed E-state index contributed by atoms with van der Waals surface area (Å²) in [5.74, 6) is 0.567.